The summed E-state index contributed by atoms with van der Waals surface area (Å²) in [6, 6.07) is 0. The first-order valence-corrected chi connectivity index (χ1v) is 5.54. The van der Waals surface area contributed by atoms with Crippen LogP contribution in [0.5, 0.6) is 0 Å². The van der Waals surface area contributed by atoms with E-state index in [2.05, 4.69) is 39.9 Å². The summed E-state index contributed by atoms with van der Waals surface area (Å²) in [4.78, 5) is 0. The van der Waals surface area contributed by atoms with Gasteiger partial charge in [-0.1, -0.05) is 34.6 Å². The highest BCUT2D eigenvalue weighted by atomic mass is 14.9. The largest absolute Gasteiger partial charge is 0.316 e. The lowest BCUT2D eigenvalue weighted by atomic mass is 9.67. The molecule has 0 aliphatic carbocycles. The van der Waals surface area contributed by atoms with E-state index in [0.29, 0.717) is 10.8 Å². The summed E-state index contributed by atoms with van der Waals surface area (Å²) < 4.78 is 0. The minimum atomic E-state index is 0.483. The highest BCUT2D eigenvalue weighted by molar-refractivity contribution is 4.86. The predicted molar refractivity (Wildman–Crippen MR) is 58.8 cm³/mol. The molecule has 1 saturated heterocycles. The van der Waals surface area contributed by atoms with Gasteiger partial charge in [0.25, 0.3) is 0 Å². The van der Waals surface area contributed by atoms with E-state index in [-0.39, 0.29) is 0 Å². The van der Waals surface area contributed by atoms with Crippen LogP contribution in [0.3, 0.4) is 0 Å². The number of hydrogen-bond donors (Lipinski definition) is 1. The standard InChI is InChI=1S/C12H25N/c1-10-8-13-7-6-11(2,3)9-12(10,4)5/h10,13H,6-9H2,1-5H3. The lowest BCUT2D eigenvalue weighted by Crippen LogP contribution is -2.39. The van der Waals surface area contributed by atoms with Crippen LogP contribution in [0, 0.1) is 16.7 Å². The lowest BCUT2D eigenvalue weighted by molar-refractivity contribution is 0.105. The van der Waals surface area contributed by atoms with Gasteiger partial charge in [0.15, 0.2) is 0 Å². The van der Waals surface area contributed by atoms with Crippen molar-refractivity contribution in [1.82, 2.24) is 5.32 Å². The van der Waals surface area contributed by atoms with Gasteiger partial charge in [-0.05, 0) is 42.7 Å². The van der Waals surface area contributed by atoms with E-state index >= 15 is 0 Å². The third-order valence-corrected chi connectivity index (χ3v) is 3.70. The van der Waals surface area contributed by atoms with Crippen molar-refractivity contribution in [2.24, 2.45) is 16.7 Å². The highest BCUT2D eigenvalue weighted by Gasteiger charge is 2.34. The Balaban J connectivity index is 2.70. The average molecular weight is 183 g/mol. The predicted octanol–water partition coefficient (Wildman–Crippen LogP) is 3.06. The number of nitrogens with one attached hydrogen (secondary N) is 1. The summed E-state index contributed by atoms with van der Waals surface area (Å²) in [5.41, 5.74) is 0.988. The molecule has 1 rings (SSSR count). The van der Waals surface area contributed by atoms with Crippen molar-refractivity contribution in [2.45, 2.75) is 47.5 Å². The van der Waals surface area contributed by atoms with Gasteiger partial charge in [0.1, 0.15) is 0 Å². The number of hydrogen-bond acceptors (Lipinski definition) is 1. The third-order valence-electron chi connectivity index (χ3n) is 3.70. The van der Waals surface area contributed by atoms with Gasteiger partial charge in [-0.3, -0.25) is 0 Å². The molecule has 0 aromatic heterocycles. The molecule has 1 aliphatic heterocycles. The Labute approximate surface area is 83.3 Å². The fraction of sp³-hybridized carbons (Fsp3) is 1.00. The van der Waals surface area contributed by atoms with Crippen LogP contribution in [0.25, 0.3) is 0 Å². The molecule has 0 bridgehead atoms. The van der Waals surface area contributed by atoms with Crippen LogP contribution in [-0.2, 0) is 0 Å². The molecule has 0 spiro atoms. The normalized spacial score (nSPS) is 33.5. The Hall–Kier alpha value is -0.0400. The zero-order valence-corrected chi connectivity index (χ0v) is 9.91. The molecule has 1 aliphatic rings. The monoisotopic (exact) mass is 183 g/mol. The van der Waals surface area contributed by atoms with E-state index in [9.17, 15) is 0 Å². The van der Waals surface area contributed by atoms with Gasteiger partial charge in [-0.2, -0.15) is 0 Å². The molecule has 1 atom stereocenters. The van der Waals surface area contributed by atoms with Gasteiger partial charge in [-0.15, -0.1) is 0 Å². The Bertz CT molecular complexity index is 170. The van der Waals surface area contributed by atoms with Crippen LogP contribution in [0.4, 0.5) is 0 Å². The van der Waals surface area contributed by atoms with Crippen LogP contribution in [0.2, 0.25) is 0 Å². The molecule has 1 N–H and O–H groups in total. The SMILES string of the molecule is CC1CNCCC(C)(C)CC1(C)C. The molecule has 0 radical (unpaired) electrons. The first-order chi connectivity index (χ1) is 5.83. The fourth-order valence-corrected chi connectivity index (χ4v) is 2.52. The van der Waals surface area contributed by atoms with Gasteiger partial charge in [-0.25, -0.2) is 0 Å². The van der Waals surface area contributed by atoms with Crippen molar-refractivity contribution in [2.75, 3.05) is 13.1 Å². The average Bonchev–Trinajstić information content (AvgIpc) is 1.94. The molecule has 1 heteroatoms. The molecule has 0 saturated carbocycles. The molecule has 1 fully saturated rings. The van der Waals surface area contributed by atoms with Gasteiger partial charge in [0.2, 0.25) is 0 Å². The van der Waals surface area contributed by atoms with Crippen molar-refractivity contribution in [1.29, 1.82) is 0 Å². The lowest BCUT2D eigenvalue weighted by Gasteiger charge is -2.41. The Morgan fingerprint density at radius 2 is 1.77 bits per heavy atom. The molecule has 0 aromatic carbocycles. The molecule has 1 heterocycles. The Kier molecular flexibility index (Phi) is 3.06. The van der Waals surface area contributed by atoms with Crippen LogP contribution in [-0.4, -0.2) is 13.1 Å². The smallest absolute Gasteiger partial charge is 0.00180 e. The highest BCUT2D eigenvalue weighted by Crippen LogP contribution is 2.41. The van der Waals surface area contributed by atoms with E-state index in [4.69, 9.17) is 0 Å². The van der Waals surface area contributed by atoms with Gasteiger partial charge >= 0.3 is 0 Å². The van der Waals surface area contributed by atoms with Crippen molar-refractivity contribution in [3.63, 3.8) is 0 Å². The van der Waals surface area contributed by atoms with Crippen molar-refractivity contribution in [3.05, 3.63) is 0 Å². The Morgan fingerprint density at radius 3 is 2.38 bits per heavy atom. The maximum atomic E-state index is 3.55. The molecular weight excluding hydrogens is 158 g/mol. The van der Waals surface area contributed by atoms with Crippen LogP contribution >= 0.6 is 0 Å². The van der Waals surface area contributed by atoms with E-state index < -0.39 is 0 Å². The zero-order valence-electron chi connectivity index (χ0n) is 9.91. The molecule has 1 unspecified atom stereocenters. The minimum absolute atomic E-state index is 0.483. The fourth-order valence-electron chi connectivity index (χ4n) is 2.52. The van der Waals surface area contributed by atoms with E-state index in [1.807, 2.05) is 0 Å². The summed E-state index contributed by atoms with van der Waals surface area (Å²) >= 11 is 0. The summed E-state index contributed by atoms with van der Waals surface area (Å²) in [5.74, 6) is 0.784. The van der Waals surface area contributed by atoms with E-state index in [1.165, 1.54) is 25.9 Å². The first-order valence-electron chi connectivity index (χ1n) is 5.54. The van der Waals surface area contributed by atoms with Crippen molar-refractivity contribution >= 4 is 0 Å². The second-order valence-electron chi connectivity index (χ2n) is 6.18. The second kappa shape index (κ2) is 3.61. The molecule has 0 aromatic rings. The zero-order chi connectivity index (χ0) is 10.1. The van der Waals surface area contributed by atoms with Gasteiger partial charge in [0.05, 0.1) is 0 Å². The van der Waals surface area contributed by atoms with Crippen molar-refractivity contribution in [3.8, 4) is 0 Å². The molecular formula is C12H25N. The molecule has 78 valence electrons. The number of rotatable bonds is 0. The van der Waals surface area contributed by atoms with Gasteiger partial charge in [0, 0.05) is 0 Å². The summed E-state index contributed by atoms with van der Waals surface area (Å²) in [7, 11) is 0. The third kappa shape index (κ3) is 2.98. The molecule has 0 amide bonds. The van der Waals surface area contributed by atoms with Gasteiger partial charge < -0.3 is 5.32 Å². The van der Waals surface area contributed by atoms with Crippen LogP contribution in [0.1, 0.15) is 47.5 Å². The van der Waals surface area contributed by atoms with Crippen LogP contribution < -0.4 is 5.32 Å². The topological polar surface area (TPSA) is 12.0 Å². The summed E-state index contributed by atoms with van der Waals surface area (Å²) in [5, 5.41) is 3.55. The first kappa shape index (κ1) is 11.0. The minimum Gasteiger partial charge on any atom is -0.316 e. The summed E-state index contributed by atoms with van der Waals surface area (Å²) in [6.45, 7) is 14.4. The van der Waals surface area contributed by atoms with Crippen LogP contribution in [0.15, 0.2) is 0 Å². The van der Waals surface area contributed by atoms with Crippen molar-refractivity contribution < 1.29 is 0 Å². The summed E-state index contributed by atoms with van der Waals surface area (Å²) in [6.07, 6.45) is 2.66. The maximum absolute atomic E-state index is 3.55. The molecule has 1 nitrogen and oxygen atoms in total. The quantitative estimate of drug-likeness (QED) is 0.608. The Morgan fingerprint density at radius 1 is 1.15 bits per heavy atom. The molecule has 13 heavy (non-hydrogen) atoms. The van der Waals surface area contributed by atoms with E-state index in [0.717, 1.165) is 5.92 Å². The second-order valence-corrected chi connectivity index (χ2v) is 6.18. The van der Waals surface area contributed by atoms with E-state index in [1.54, 1.807) is 0 Å². The maximum Gasteiger partial charge on any atom is -0.00180 e.